The predicted molar refractivity (Wildman–Crippen MR) is 37.8 cm³/mol. The van der Waals surface area contributed by atoms with E-state index in [1.165, 1.54) is 17.1 Å². The predicted octanol–water partition coefficient (Wildman–Crippen LogP) is 1.30. The molecule has 47 valence electrons. The topological polar surface area (TPSA) is 24.9 Å². The number of nitrogens with one attached hydrogen (secondary N) is 1. The lowest BCUT2D eigenvalue weighted by atomic mass is 10.2. The average molecular weight is 139 g/mol. The van der Waals surface area contributed by atoms with Gasteiger partial charge in [0.05, 0.1) is 5.69 Å². The van der Waals surface area contributed by atoms with E-state index in [1.54, 1.807) is 11.3 Å². The van der Waals surface area contributed by atoms with Gasteiger partial charge in [-0.25, -0.2) is 4.98 Å². The minimum Gasteiger partial charge on any atom is -0.375 e. The van der Waals surface area contributed by atoms with Crippen molar-refractivity contribution in [2.24, 2.45) is 0 Å². The zero-order valence-corrected chi connectivity index (χ0v) is 5.79. The van der Waals surface area contributed by atoms with E-state index in [2.05, 4.69) is 15.8 Å². The van der Waals surface area contributed by atoms with Crippen LogP contribution < -0.4 is 5.32 Å². The molecular formula is C6H7N2S. The second-order valence-corrected chi connectivity index (χ2v) is 2.91. The first-order chi connectivity index (χ1) is 4.47. The number of anilines is 1. The number of aryl methyl sites for hydroxylation is 1. The summed E-state index contributed by atoms with van der Waals surface area (Å²) in [6.07, 6.45) is 2.34. The van der Waals surface area contributed by atoms with Crippen molar-refractivity contribution in [3.05, 3.63) is 11.2 Å². The summed E-state index contributed by atoms with van der Waals surface area (Å²) in [5.41, 5.74) is 4.07. The molecule has 1 aromatic rings. The van der Waals surface area contributed by atoms with Crippen LogP contribution in [0.3, 0.4) is 0 Å². The highest BCUT2D eigenvalue weighted by Gasteiger charge is 2.09. The van der Waals surface area contributed by atoms with E-state index in [4.69, 9.17) is 0 Å². The smallest absolute Gasteiger partial charge is 0.154 e. The van der Waals surface area contributed by atoms with Crippen LogP contribution >= 0.6 is 11.3 Å². The molecule has 1 aromatic heterocycles. The van der Waals surface area contributed by atoms with Gasteiger partial charge in [-0.1, -0.05) is 11.3 Å². The van der Waals surface area contributed by atoms with Gasteiger partial charge < -0.3 is 5.32 Å². The molecule has 1 aliphatic heterocycles. The minimum absolute atomic E-state index is 1.10. The van der Waals surface area contributed by atoms with Crippen molar-refractivity contribution in [3.8, 4) is 0 Å². The molecule has 0 aromatic carbocycles. The van der Waals surface area contributed by atoms with Crippen LogP contribution in [0.2, 0.25) is 0 Å². The standard InChI is InChI=1S/C6H7N2S/c1-2-5-6(7-3-1)9-4-8-5/h7H,1-3H2. The summed E-state index contributed by atoms with van der Waals surface area (Å²) >= 11 is 1.58. The number of fused-ring (bicyclic) bond motifs is 1. The zero-order chi connectivity index (χ0) is 6.10. The Bertz CT molecular complexity index is 186. The van der Waals surface area contributed by atoms with E-state index in [0.717, 1.165) is 13.0 Å². The van der Waals surface area contributed by atoms with E-state index >= 15 is 0 Å². The van der Waals surface area contributed by atoms with Gasteiger partial charge >= 0.3 is 0 Å². The van der Waals surface area contributed by atoms with E-state index in [9.17, 15) is 0 Å². The number of rotatable bonds is 0. The van der Waals surface area contributed by atoms with Crippen LogP contribution in [0.4, 0.5) is 5.00 Å². The molecule has 0 atom stereocenters. The summed E-state index contributed by atoms with van der Waals surface area (Å²) in [5, 5.41) is 4.49. The molecule has 9 heavy (non-hydrogen) atoms. The van der Waals surface area contributed by atoms with Crippen molar-refractivity contribution in [1.82, 2.24) is 4.98 Å². The molecule has 1 aliphatic rings. The largest absolute Gasteiger partial charge is 0.375 e. The fraction of sp³-hybridized carbons (Fsp3) is 0.500. The molecule has 0 bridgehead atoms. The van der Waals surface area contributed by atoms with Gasteiger partial charge in [-0.2, -0.15) is 0 Å². The molecule has 2 nitrogen and oxygen atoms in total. The molecule has 0 aliphatic carbocycles. The van der Waals surface area contributed by atoms with Crippen molar-refractivity contribution in [3.63, 3.8) is 0 Å². The lowest BCUT2D eigenvalue weighted by Crippen LogP contribution is -2.09. The third-order valence-electron chi connectivity index (χ3n) is 1.47. The first-order valence-corrected chi connectivity index (χ1v) is 3.88. The number of nitrogens with zero attached hydrogens (tertiary/aromatic N) is 1. The Morgan fingerprint density at radius 2 is 2.67 bits per heavy atom. The van der Waals surface area contributed by atoms with Crippen molar-refractivity contribution in [2.45, 2.75) is 12.8 Å². The van der Waals surface area contributed by atoms with E-state index < -0.39 is 0 Å². The molecule has 1 N–H and O–H groups in total. The van der Waals surface area contributed by atoms with Crippen LogP contribution in [-0.4, -0.2) is 11.5 Å². The quantitative estimate of drug-likeness (QED) is 0.586. The molecule has 1 radical (unpaired) electrons. The van der Waals surface area contributed by atoms with Gasteiger partial charge in [-0.3, -0.25) is 0 Å². The zero-order valence-electron chi connectivity index (χ0n) is 4.98. The van der Waals surface area contributed by atoms with Gasteiger partial charge in [0.2, 0.25) is 0 Å². The summed E-state index contributed by atoms with van der Waals surface area (Å²) in [5.74, 6) is 0. The molecule has 0 unspecified atom stereocenters. The van der Waals surface area contributed by atoms with Crippen molar-refractivity contribution in [1.29, 1.82) is 0 Å². The second kappa shape index (κ2) is 1.99. The Hall–Kier alpha value is -0.570. The lowest BCUT2D eigenvalue weighted by Gasteiger charge is -2.10. The number of hydrogen-bond donors (Lipinski definition) is 1. The Kier molecular flexibility index (Phi) is 1.16. The van der Waals surface area contributed by atoms with Gasteiger partial charge in [0.1, 0.15) is 5.00 Å². The van der Waals surface area contributed by atoms with Gasteiger partial charge in [-0.05, 0) is 12.8 Å². The third kappa shape index (κ3) is 0.812. The highest BCUT2D eigenvalue weighted by Crippen LogP contribution is 2.23. The minimum atomic E-state index is 1.10. The average Bonchev–Trinajstić information content (AvgIpc) is 2.33. The van der Waals surface area contributed by atoms with Crippen LogP contribution in [0.25, 0.3) is 0 Å². The molecule has 0 amide bonds. The first kappa shape index (κ1) is 5.23. The Morgan fingerprint density at radius 3 is 3.56 bits per heavy atom. The number of aromatic nitrogens is 1. The SMILES string of the molecule is [c]1nc2c(s1)NCCC2. The normalized spacial score (nSPS) is 16.4. The molecule has 0 fully saturated rings. The summed E-state index contributed by atoms with van der Waals surface area (Å²) in [4.78, 5) is 4.09. The van der Waals surface area contributed by atoms with Crippen LogP contribution in [0.1, 0.15) is 12.1 Å². The van der Waals surface area contributed by atoms with E-state index in [-0.39, 0.29) is 0 Å². The maximum atomic E-state index is 4.09. The van der Waals surface area contributed by atoms with Gasteiger partial charge in [-0.15, -0.1) is 0 Å². The molecule has 0 spiro atoms. The van der Waals surface area contributed by atoms with Crippen LogP contribution in [-0.2, 0) is 6.42 Å². The molecule has 0 saturated carbocycles. The van der Waals surface area contributed by atoms with Crippen molar-refractivity contribution < 1.29 is 0 Å². The Labute approximate surface area is 57.9 Å². The summed E-state index contributed by atoms with van der Waals surface area (Å²) < 4.78 is 0. The van der Waals surface area contributed by atoms with Gasteiger partial charge in [0.15, 0.2) is 5.51 Å². The first-order valence-electron chi connectivity index (χ1n) is 3.06. The summed E-state index contributed by atoms with van der Waals surface area (Å²) in [6.45, 7) is 1.10. The fourth-order valence-corrected chi connectivity index (χ4v) is 1.69. The van der Waals surface area contributed by atoms with Crippen molar-refractivity contribution >= 4 is 16.3 Å². The van der Waals surface area contributed by atoms with Crippen molar-refractivity contribution in [2.75, 3.05) is 11.9 Å². The van der Waals surface area contributed by atoms with Crippen LogP contribution in [0, 0.1) is 5.51 Å². The van der Waals surface area contributed by atoms with Gasteiger partial charge in [0.25, 0.3) is 0 Å². The molecule has 2 rings (SSSR count). The number of thiazole rings is 1. The highest BCUT2D eigenvalue weighted by molar-refractivity contribution is 7.13. The van der Waals surface area contributed by atoms with E-state index in [0.29, 0.717) is 0 Å². The third-order valence-corrected chi connectivity index (χ3v) is 2.23. The number of hydrogen-bond acceptors (Lipinski definition) is 3. The van der Waals surface area contributed by atoms with Gasteiger partial charge in [0, 0.05) is 6.54 Å². The molecular weight excluding hydrogens is 132 g/mol. The maximum absolute atomic E-state index is 4.09. The highest BCUT2D eigenvalue weighted by atomic mass is 32.1. The molecule has 2 heterocycles. The second-order valence-electron chi connectivity index (χ2n) is 2.11. The Morgan fingerprint density at radius 1 is 1.67 bits per heavy atom. The molecule has 3 heteroatoms. The lowest BCUT2D eigenvalue weighted by molar-refractivity contribution is 0.813. The maximum Gasteiger partial charge on any atom is 0.154 e. The monoisotopic (exact) mass is 139 g/mol. The summed E-state index contributed by atoms with van der Waals surface area (Å²) in [7, 11) is 0. The van der Waals surface area contributed by atoms with Crippen LogP contribution in [0.15, 0.2) is 0 Å². The van der Waals surface area contributed by atoms with E-state index in [1.807, 2.05) is 0 Å². The molecule has 0 saturated heterocycles. The fourth-order valence-electron chi connectivity index (χ4n) is 0.999. The summed E-state index contributed by atoms with van der Waals surface area (Å²) in [6, 6.07) is 0. The Balaban J connectivity index is 2.39. The van der Waals surface area contributed by atoms with Crippen LogP contribution in [0.5, 0.6) is 0 Å².